The zero-order valence-corrected chi connectivity index (χ0v) is 17.3. The second-order valence-corrected chi connectivity index (χ2v) is 7.64. The summed E-state index contributed by atoms with van der Waals surface area (Å²) in [6, 6.07) is 15.1. The molecule has 0 saturated heterocycles. The summed E-state index contributed by atoms with van der Waals surface area (Å²) in [6.45, 7) is 4.94. The van der Waals surface area contributed by atoms with Gasteiger partial charge in [-0.25, -0.2) is 0 Å². The van der Waals surface area contributed by atoms with Crippen molar-refractivity contribution in [3.05, 3.63) is 76.6 Å². The molecule has 2 amide bonds. The molecule has 0 bridgehead atoms. The van der Waals surface area contributed by atoms with Gasteiger partial charge in [-0.05, 0) is 49.6 Å². The minimum atomic E-state index is -0.340. The molecule has 6 nitrogen and oxygen atoms in total. The van der Waals surface area contributed by atoms with Crippen molar-refractivity contribution >= 4 is 28.2 Å². The van der Waals surface area contributed by atoms with E-state index in [-0.39, 0.29) is 23.7 Å². The monoisotopic (exact) mass is 412 g/mol. The molecular formula is C22H24N2O4S. The van der Waals surface area contributed by atoms with E-state index < -0.39 is 0 Å². The lowest BCUT2D eigenvalue weighted by Gasteiger charge is -2.13. The van der Waals surface area contributed by atoms with Gasteiger partial charge in [0.2, 0.25) is 0 Å². The molecule has 0 aliphatic rings. The Hall–Kier alpha value is -2.90. The molecule has 0 saturated carbocycles. The molecule has 3 aromatic rings. The molecule has 2 aromatic heterocycles. The number of anilines is 1. The van der Waals surface area contributed by atoms with Crippen LogP contribution in [0.25, 0.3) is 0 Å². The van der Waals surface area contributed by atoms with Gasteiger partial charge in [0.25, 0.3) is 11.8 Å². The van der Waals surface area contributed by atoms with Gasteiger partial charge in [0.05, 0.1) is 22.2 Å². The SMILES string of the molecule is Cc1cc(NC(=O)c2ccco2)sc1C(=O)NCCCOC(C)c1ccccc1. The van der Waals surface area contributed by atoms with E-state index in [1.807, 2.05) is 44.2 Å². The number of carbonyl (C=O) groups is 2. The van der Waals surface area contributed by atoms with Crippen LogP contribution in [-0.4, -0.2) is 25.0 Å². The highest BCUT2D eigenvalue weighted by Crippen LogP contribution is 2.27. The van der Waals surface area contributed by atoms with Crippen LogP contribution < -0.4 is 10.6 Å². The zero-order chi connectivity index (χ0) is 20.6. The summed E-state index contributed by atoms with van der Waals surface area (Å²) in [5, 5.41) is 6.26. The summed E-state index contributed by atoms with van der Waals surface area (Å²) in [6.07, 6.45) is 2.18. The number of aryl methyl sites for hydroxylation is 1. The summed E-state index contributed by atoms with van der Waals surface area (Å²) in [5.41, 5.74) is 1.95. The van der Waals surface area contributed by atoms with Crippen LogP contribution in [0.5, 0.6) is 0 Å². The fraction of sp³-hybridized carbons (Fsp3) is 0.273. The minimum Gasteiger partial charge on any atom is -0.459 e. The first-order valence-electron chi connectivity index (χ1n) is 9.44. The Bertz CT molecular complexity index is 935. The van der Waals surface area contributed by atoms with Crippen LogP contribution in [-0.2, 0) is 4.74 Å². The standard InChI is InChI=1S/C22H24N2O4S/c1-15-14-19(24-21(25)18-10-6-12-28-18)29-20(15)22(26)23-11-7-13-27-16(2)17-8-4-3-5-9-17/h3-6,8-10,12,14,16H,7,11,13H2,1-2H3,(H,23,26)(H,24,25). The smallest absolute Gasteiger partial charge is 0.291 e. The van der Waals surface area contributed by atoms with Crippen molar-refractivity contribution in [2.45, 2.75) is 26.4 Å². The van der Waals surface area contributed by atoms with Crippen LogP contribution in [0.4, 0.5) is 5.00 Å². The second-order valence-electron chi connectivity index (χ2n) is 6.59. The first kappa shape index (κ1) is 20.8. The van der Waals surface area contributed by atoms with Crippen LogP contribution in [0.1, 0.15) is 50.8 Å². The molecule has 2 N–H and O–H groups in total. The lowest BCUT2D eigenvalue weighted by atomic mass is 10.1. The maximum Gasteiger partial charge on any atom is 0.291 e. The molecule has 1 aromatic carbocycles. The molecule has 0 fully saturated rings. The van der Waals surface area contributed by atoms with E-state index >= 15 is 0 Å². The number of amides is 2. The van der Waals surface area contributed by atoms with Gasteiger partial charge >= 0.3 is 0 Å². The fourth-order valence-corrected chi connectivity index (χ4v) is 3.77. The van der Waals surface area contributed by atoms with E-state index in [1.54, 1.807) is 18.2 Å². The van der Waals surface area contributed by atoms with Gasteiger partial charge < -0.3 is 19.8 Å². The van der Waals surface area contributed by atoms with E-state index in [9.17, 15) is 9.59 Å². The predicted octanol–water partition coefficient (Wildman–Crippen LogP) is 4.80. The number of hydrogen-bond acceptors (Lipinski definition) is 5. The minimum absolute atomic E-state index is 0.0202. The Morgan fingerprint density at radius 2 is 1.93 bits per heavy atom. The zero-order valence-electron chi connectivity index (χ0n) is 16.4. The van der Waals surface area contributed by atoms with E-state index in [4.69, 9.17) is 9.15 Å². The lowest BCUT2D eigenvalue weighted by molar-refractivity contribution is 0.0635. The summed E-state index contributed by atoms with van der Waals surface area (Å²) >= 11 is 1.24. The van der Waals surface area contributed by atoms with Crippen LogP contribution in [0.3, 0.4) is 0 Å². The number of benzene rings is 1. The highest BCUT2D eigenvalue weighted by Gasteiger charge is 2.16. The quantitative estimate of drug-likeness (QED) is 0.495. The summed E-state index contributed by atoms with van der Waals surface area (Å²) in [7, 11) is 0. The van der Waals surface area contributed by atoms with Gasteiger partial charge in [0, 0.05) is 13.2 Å². The molecule has 2 heterocycles. The van der Waals surface area contributed by atoms with Gasteiger partial charge in [0.15, 0.2) is 5.76 Å². The Kier molecular flexibility index (Phi) is 7.21. The summed E-state index contributed by atoms with van der Waals surface area (Å²) < 4.78 is 10.9. The lowest BCUT2D eigenvalue weighted by Crippen LogP contribution is -2.25. The first-order valence-corrected chi connectivity index (χ1v) is 10.3. The number of furan rings is 1. The van der Waals surface area contributed by atoms with Gasteiger partial charge in [-0.3, -0.25) is 9.59 Å². The average Bonchev–Trinajstić information content (AvgIpc) is 3.38. The molecule has 1 atom stereocenters. The van der Waals surface area contributed by atoms with Gasteiger partial charge in [-0.2, -0.15) is 0 Å². The van der Waals surface area contributed by atoms with Crippen molar-refractivity contribution in [3.63, 3.8) is 0 Å². The normalized spacial score (nSPS) is 11.8. The summed E-state index contributed by atoms with van der Waals surface area (Å²) in [5.74, 6) is -0.262. The van der Waals surface area contributed by atoms with Crippen molar-refractivity contribution in [1.82, 2.24) is 5.32 Å². The molecule has 0 aliphatic carbocycles. The first-order chi connectivity index (χ1) is 14.0. The van der Waals surface area contributed by atoms with E-state index in [0.717, 1.165) is 17.5 Å². The average molecular weight is 413 g/mol. The second kappa shape index (κ2) is 10.0. The number of thiophene rings is 1. The van der Waals surface area contributed by atoms with Gasteiger partial charge in [-0.1, -0.05) is 30.3 Å². The van der Waals surface area contributed by atoms with Crippen LogP contribution >= 0.6 is 11.3 Å². The highest BCUT2D eigenvalue weighted by molar-refractivity contribution is 7.18. The molecule has 7 heteroatoms. The topological polar surface area (TPSA) is 80.6 Å². The van der Waals surface area contributed by atoms with E-state index in [0.29, 0.717) is 23.0 Å². The molecule has 1 unspecified atom stereocenters. The molecule has 3 rings (SSSR count). The molecule has 0 spiro atoms. The maximum absolute atomic E-state index is 12.4. The maximum atomic E-state index is 12.4. The Morgan fingerprint density at radius 1 is 1.14 bits per heavy atom. The Labute approximate surface area is 173 Å². The third kappa shape index (κ3) is 5.79. The number of ether oxygens (including phenoxy) is 1. The van der Waals surface area contributed by atoms with E-state index in [1.165, 1.54) is 17.6 Å². The summed E-state index contributed by atoms with van der Waals surface area (Å²) in [4.78, 5) is 25.1. The third-order valence-corrected chi connectivity index (χ3v) is 5.50. The molecular weight excluding hydrogens is 388 g/mol. The molecule has 152 valence electrons. The molecule has 0 radical (unpaired) electrons. The highest BCUT2D eigenvalue weighted by atomic mass is 32.1. The number of hydrogen-bond donors (Lipinski definition) is 2. The van der Waals surface area contributed by atoms with Crippen LogP contribution in [0.2, 0.25) is 0 Å². The van der Waals surface area contributed by atoms with Gasteiger partial charge in [0.1, 0.15) is 0 Å². The van der Waals surface area contributed by atoms with Crippen molar-refractivity contribution in [3.8, 4) is 0 Å². The Balaban J connectivity index is 1.42. The van der Waals surface area contributed by atoms with Crippen molar-refractivity contribution in [1.29, 1.82) is 0 Å². The van der Waals surface area contributed by atoms with Crippen molar-refractivity contribution in [2.24, 2.45) is 0 Å². The van der Waals surface area contributed by atoms with Crippen LogP contribution in [0.15, 0.2) is 59.2 Å². The van der Waals surface area contributed by atoms with E-state index in [2.05, 4.69) is 10.6 Å². The third-order valence-electron chi connectivity index (χ3n) is 4.35. The fourth-order valence-electron chi connectivity index (χ4n) is 2.79. The number of rotatable bonds is 9. The molecule has 29 heavy (non-hydrogen) atoms. The van der Waals surface area contributed by atoms with Crippen molar-refractivity contribution in [2.75, 3.05) is 18.5 Å². The molecule has 0 aliphatic heterocycles. The predicted molar refractivity (Wildman–Crippen MR) is 113 cm³/mol. The Morgan fingerprint density at radius 3 is 2.66 bits per heavy atom. The number of nitrogens with one attached hydrogen (secondary N) is 2. The van der Waals surface area contributed by atoms with Gasteiger partial charge in [-0.15, -0.1) is 11.3 Å². The van der Waals surface area contributed by atoms with Crippen LogP contribution in [0, 0.1) is 6.92 Å². The largest absolute Gasteiger partial charge is 0.459 e. The number of carbonyl (C=O) groups excluding carboxylic acids is 2. The van der Waals surface area contributed by atoms with Crippen molar-refractivity contribution < 1.29 is 18.7 Å².